The number of aromatic nitrogens is 3. The third-order valence-corrected chi connectivity index (χ3v) is 3.25. The second-order valence-corrected chi connectivity index (χ2v) is 5.01. The third kappa shape index (κ3) is 3.43. The highest BCUT2D eigenvalue weighted by Crippen LogP contribution is 2.21. The van der Waals surface area contributed by atoms with Crippen molar-refractivity contribution >= 4 is 27.4 Å². The van der Waals surface area contributed by atoms with Crippen LogP contribution in [0.15, 0.2) is 33.8 Å². The fourth-order valence-corrected chi connectivity index (χ4v) is 1.96. The van der Waals surface area contributed by atoms with E-state index in [9.17, 15) is 4.79 Å². The number of anilines is 2. The van der Waals surface area contributed by atoms with Gasteiger partial charge in [-0.3, -0.25) is 4.79 Å². The Morgan fingerprint density at radius 1 is 1.50 bits per heavy atom. The van der Waals surface area contributed by atoms with E-state index in [1.807, 2.05) is 0 Å². The molecular formula is C13H15BrN4O2. The Bertz CT molecular complexity index is 657. The molecule has 0 atom stereocenters. The first-order valence-corrected chi connectivity index (χ1v) is 6.85. The summed E-state index contributed by atoms with van der Waals surface area (Å²) in [5.74, 6) is 1.20. The summed E-state index contributed by atoms with van der Waals surface area (Å²) in [5, 5.41) is 3.03. The predicted octanol–water partition coefficient (Wildman–Crippen LogP) is 2.10. The summed E-state index contributed by atoms with van der Waals surface area (Å²) < 4.78 is 7.28. The normalized spacial score (nSPS) is 10.6. The average molecular weight is 339 g/mol. The number of rotatable bonds is 5. The second kappa shape index (κ2) is 6.62. The average Bonchev–Trinajstić information content (AvgIpc) is 2.44. The number of nitrogens with zero attached hydrogens (tertiary/aromatic N) is 3. The predicted molar refractivity (Wildman–Crippen MR) is 80.3 cm³/mol. The maximum absolute atomic E-state index is 12.3. The molecule has 0 radical (unpaired) electrons. The molecule has 0 bridgehead atoms. The topological polar surface area (TPSA) is 69.0 Å². The van der Waals surface area contributed by atoms with Gasteiger partial charge in [-0.05, 0) is 35.0 Å². The van der Waals surface area contributed by atoms with Crippen molar-refractivity contribution in [3.63, 3.8) is 0 Å². The number of halogens is 1. The molecule has 0 fully saturated rings. The number of methoxy groups -OCH3 is 1. The standard InChI is InChI=1S/C13H15BrN4O2/c1-9-15-8-10(14)12(16-9)17-11-4-3-5-18(13(11)19)6-7-20-2/h3-5,8H,6-7H2,1-2H3,(H,15,16,17). The summed E-state index contributed by atoms with van der Waals surface area (Å²) in [6, 6.07) is 3.52. The second-order valence-electron chi connectivity index (χ2n) is 4.15. The lowest BCUT2D eigenvalue weighted by atomic mass is 10.4. The van der Waals surface area contributed by atoms with Crippen LogP contribution in [0.3, 0.4) is 0 Å². The quantitative estimate of drug-likeness (QED) is 0.904. The summed E-state index contributed by atoms with van der Waals surface area (Å²) in [5.41, 5.74) is 0.343. The van der Waals surface area contributed by atoms with Gasteiger partial charge in [-0.25, -0.2) is 9.97 Å². The molecule has 0 aliphatic heterocycles. The zero-order valence-corrected chi connectivity index (χ0v) is 12.8. The molecule has 0 saturated heterocycles. The lowest BCUT2D eigenvalue weighted by molar-refractivity contribution is 0.186. The van der Waals surface area contributed by atoms with E-state index < -0.39 is 0 Å². The molecule has 6 nitrogen and oxygen atoms in total. The summed E-state index contributed by atoms with van der Waals surface area (Å²) in [4.78, 5) is 20.6. The first kappa shape index (κ1) is 14.7. The summed E-state index contributed by atoms with van der Waals surface area (Å²) in [7, 11) is 1.61. The van der Waals surface area contributed by atoms with Gasteiger partial charge in [0.05, 0.1) is 11.1 Å². The molecule has 2 rings (SSSR count). The first-order valence-electron chi connectivity index (χ1n) is 6.06. The van der Waals surface area contributed by atoms with E-state index in [1.165, 1.54) is 0 Å². The molecule has 106 valence electrons. The minimum atomic E-state index is -0.118. The molecule has 0 unspecified atom stereocenters. The van der Waals surface area contributed by atoms with Gasteiger partial charge in [0, 0.05) is 26.0 Å². The zero-order chi connectivity index (χ0) is 14.5. The molecule has 2 heterocycles. The molecule has 2 aromatic rings. The van der Waals surface area contributed by atoms with Crippen LogP contribution in [0.5, 0.6) is 0 Å². The van der Waals surface area contributed by atoms with Gasteiger partial charge in [0.25, 0.3) is 5.56 Å². The first-order chi connectivity index (χ1) is 9.61. The van der Waals surface area contributed by atoms with E-state index in [1.54, 1.807) is 43.1 Å². The Kier molecular flexibility index (Phi) is 4.86. The van der Waals surface area contributed by atoms with E-state index in [2.05, 4.69) is 31.2 Å². The van der Waals surface area contributed by atoms with Crippen LogP contribution in [0.25, 0.3) is 0 Å². The van der Waals surface area contributed by atoms with Gasteiger partial charge < -0.3 is 14.6 Å². The molecule has 0 aliphatic carbocycles. The number of hydrogen-bond acceptors (Lipinski definition) is 5. The van der Waals surface area contributed by atoms with Gasteiger partial charge in [-0.1, -0.05) is 0 Å². The van der Waals surface area contributed by atoms with Crippen LogP contribution >= 0.6 is 15.9 Å². The molecule has 1 N–H and O–H groups in total. The Morgan fingerprint density at radius 2 is 2.30 bits per heavy atom. The van der Waals surface area contributed by atoms with Crippen molar-refractivity contribution in [3.05, 3.63) is 45.2 Å². The van der Waals surface area contributed by atoms with E-state index in [4.69, 9.17) is 4.74 Å². The molecule has 0 saturated carbocycles. The highest BCUT2D eigenvalue weighted by atomic mass is 79.9. The number of aryl methyl sites for hydroxylation is 1. The molecular weight excluding hydrogens is 324 g/mol. The van der Waals surface area contributed by atoms with Gasteiger partial charge >= 0.3 is 0 Å². The van der Waals surface area contributed by atoms with Crippen molar-refractivity contribution < 1.29 is 4.74 Å². The zero-order valence-electron chi connectivity index (χ0n) is 11.3. The van der Waals surface area contributed by atoms with Gasteiger partial charge in [-0.15, -0.1) is 0 Å². The van der Waals surface area contributed by atoms with E-state index in [0.717, 1.165) is 0 Å². The third-order valence-electron chi connectivity index (χ3n) is 2.67. The van der Waals surface area contributed by atoms with Crippen LogP contribution < -0.4 is 10.9 Å². The summed E-state index contributed by atoms with van der Waals surface area (Å²) in [6.07, 6.45) is 3.38. The maximum atomic E-state index is 12.3. The van der Waals surface area contributed by atoms with Crippen molar-refractivity contribution in [1.82, 2.24) is 14.5 Å². The Labute approximate surface area is 125 Å². The minimum absolute atomic E-state index is 0.118. The van der Waals surface area contributed by atoms with Crippen molar-refractivity contribution in [2.75, 3.05) is 19.0 Å². The highest BCUT2D eigenvalue weighted by molar-refractivity contribution is 9.10. The fraction of sp³-hybridized carbons (Fsp3) is 0.308. The number of pyridine rings is 1. The lowest BCUT2D eigenvalue weighted by Gasteiger charge is -2.10. The van der Waals surface area contributed by atoms with Gasteiger partial charge in [0.2, 0.25) is 0 Å². The van der Waals surface area contributed by atoms with Crippen LogP contribution in [-0.2, 0) is 11.3 Å². The van der Waals surface area contributed by atoms with Gasteiger partial charge in [0.1, 0.15) is 17.3 Å². The van der Waals surface area contributed by atoms with E-state index in [0.29, 0.717) is 35.0 Å². The molecule has 20 heavy (non-hydrogen) atoms. The van der Waals surface area contributed by atoms with Crippen molar-refractivity contribution in [2.45, 2.75) is 13.5 Å². The lowest BCUT2D eigenvalue weighted by Crippen LogP contribution is -2.23. The largest absolute Gasteiger partial charge is 0.383 e. The molecule has 7 heteroatoms. The minimum Gasteiger partial charge on any atom is -0.383 e. The van der Waals surface area contributed by atoms with Gasteiger partial charge in [0.15, 0.2) is 0 Å². The number of hydrogen-bond donors (Lipinski definition) is 1. The Hall–Kier alpha value is -1.73. The van der Waals surface area contributed by atoms with Gasteiger partial charge in [-0.2, -0.15) is 0 Å². The monoisotopic (exact) mass is 338 g/mol. The van der Waals surface area contributed by atoms with Crippen LogP contribution in [0.1, 0.15) is 5.82 Å². The highest BCUT2D eigenvalue weighted by Gasteiger charge is 2.07. The Morgan fingerprint density at radius 3 is 3.05 bits per heavy atom. The molecule has 0 amide bonds. The van der Waals surface area contributed by atoms with Crippen molar-refractivity contribution in [3.8, 4) is 0 Å². The van der Waals surface area contributed by atoms with Crippen LogP contribution in [0.2, 0.25) is 0 Å². The smallest absolute Gasteiger partial charge is 0.274 e. The van der Waals surface area contributed by atoms with Crippen molar-refractivity contribution in [1.29, 1.82) is 0 Å². The molecule has 0 aromatic carbocycles. The maximum Gasteiger partial charge on any atom is 0.274 e. The molecule has 2 aromatic heterocycles. The molecule has 0 spiro atoms. The molecule has 0 aliphatic rings. The number of nitrogens with one attached hydrogen (secondary N) is 1. The van der Waals surface area contributed by atoms with Crippen LogP contribution in [-0.4, -0.2) is 28.3 Å². The van der Waals surface area contributed by atoms with Crippen molar-refractivity contribution in [2.24, 2.45) is 0 Å². The van der Waals surface area contributed by atoms with Crippen LogP contribution in [0, 0.1) is 6.92 Å². The number of ether oxygens (including phenoxy) is 1. The van der Waals surface area contributed by atoms with Crippen LogP contribution in [0.4, 0.5) is 11.5 Å². The fourth-order valence-electron chi connectivity index (χ4n) is 1.67. The Balaban J connectivity index is 2.29. The summed E-state index contributed by atoms with van der Waals surface area (Å²) in [6.45, 7) is 2.79. The SMILES string of the molecule is COCCn1cccc(Nc2nc(C)ncc2Br)c1=O. The van der Waals surface area contributed by atoms with E-state index >= 15 is 0 Å². The van der Waals surface area contributed by atoms with E-state index in [-0.39, 0.29) is 5.56 Å². The summed E-state index contributed by atoms with van der Waals surface area (Å²) >= 11 is 3.36.